The number of hydrogen-bond acceptors (Lipinski definition) is 6. The third-order valence-corrected chi connectivity index (χ3v) is 10.3. The number of sulfonamides is 1. The summed E-state index contributed by atoms with van der Waals surface area (Å²) in [7, 11) is -2.81. The summed E-state index contributed by atoms with van der Waals surface area (Å²) in [4.78, 5) is 14.6. The second-order valence-corrected chi connectivity index (χ2v) is 13.6. The highest BCUT2D eigenvalue weighted by molar-refractivity contribution is 7.89. The highest BCUT2D eigenvalue weighted by Gasteiger charge is 2.46. The van der Waals surface area contributed by atoms with Crippen LogP contribution in [0.15, 0.2) is 61.7 Å². The number of allylic oxidation sites excluding steroid dienone is 1. The van der Waals surface area contributed by atoms with Crippen molar-refractivity contribution in [2.75, 3.05) is 43.9 Å². The van der Waals surface area contributed by atoms with Gasteiger partial charge in [-0.2, -0.15) is 0 Å². The first-order valence-electron chi connectivity index (χ1n) is 13.9. The number of benzene rings is 2. The Bertz CT molecular complexity index is 1410. The van der Waals surface area contributed by atoms with Gasteiger partial charge in [-0.15, -0.1) is 13.2 Å². The van der Waals surface area contributed by atoms with Crippen LogP contribution in [0.4, 0.5) is 5.69 Å². The number of nitrogens with zero attached hydrogens (tertiary/aromatic N) is 2. The van der Waals surface area contributed by atoms with Crippen molar-refractivity contribution < 1.29 is 28.2 Å². The predicted molar refractivity (Wildman–Crippen MR) is 162 cm³/mol. The van der Waals surface area contributed by atoms with Crippen LogP contribution in [0.5, 0.6) is 5.75 Å². The SMILES string of the molecule is C=CCCCCN1C[C@@]2(CCCc3cc(Cl)ccc32)COc2ccc(C(O)(CS(=O)(=O)N(C)CC=C)C(=O)O)cc21. The summed E-state index contributed by atoms with van der Waals surface area (Å²) in [6.07, 6.45) is 8.79. The lowest BCUT2D eigenvalue weighted by atomic mass is 9.70. The molecule has 0 saturated carbocycles. The molecule has 2 N–H and O–H groups in total. The zero-order valence-electron chi connectivity index (χ0n) is 23.5. The number of likely N-dealkylation sites (N-methyl/N-ethyl adjacent to an activating group) is 1. The Balaban J connectivity index is 1.76. The number of fused-ring (bicyclic) bond motifs is 3. The number of anilines is 1. The minimum Gasteiger partial charge on any atom is -0.490 e. The molecule has 0 radical (unpaired) electrons. The van der Waals surface area contributed by atoms with Crippen LogP contribution in [-0.4, -0.2) is 67.9 Å². The van der Waals surface area contributed by atoms with Crippen LogP contribution < -0.4 is 9.64 Å². The van der Waals surface area contributed by atoms with Crippen molar-refractivity contribution in [1.29, 1.82) is 0 Å². The lowest BCUT2D eigenvalue weighted by Crippen LogP contribution is -2.46. The molecule has 0 amide bonds. The fraction of sp³-hybridized carbons (Fsp3) is 0.452. The molecule has 2 aromatic carbocycles. The smallest absolute Gasteiger partial charge is 0.341 e. The van der Waals surface area contributed by atoms with Crippen molar-refractivity contribution in [3.63, 3.8) is 0 Å². The van der Waals surface area contributed by atoms with E-state index in [1.54, 1.807) is 12.1 Å². The number of ether oxygens (including phenoxy) is 1. The van der Waals surface area contributed by atoms with Crippen molar-refractivity contribution in [3.8, 4) is 5.75 Å². The molecule has 0 saturated heterocycles. The quantitative estimate of drug-likeness (QED) is 0.263. The van der Waals surface area contributed by atoms with Crippen LogP contribution in [0, 0.1) is 0 Å². The molecule has 10 heteroatoms. The van der Waals surface area contributed by atoms with E-state index in [4.69, 9.17) is 16.3 Å². The number of aryl methyl sites for hydroxylation is 1. The van der Waals surface area contributed by atoms with E-state index >= 15 is 0 Å². The monoisotopic (exact) mass is 602 g/mol. The zero-order valence-corrected chi connectivity index (χ0v) is 25.1. The van der Waals surface area contributed by atoms with Crippen molar-refractivity contribution in [2.24, 2.45) is 0 Å². The first-order valence-corrected chi connectivity index (χ1v) is 15.9. The summed E-state index contributed by atoms with van der Waals surface area (Å²) in [5.74, 6) is -2.10. The zero-order chi connectivity index (χ0) is 29.8. The summed E-state index contributed by atoms with van der Waals surface area (Å²) in [5.41, 5.74) is 0.0442. The molecular formula is C31H39ClN2O6S. The van der Waals surface area contributed by atoms with E-state index in [-0.39, 0.29) is 17.5 Å². The topological polar surface area (TPSA) is 107 Å². The van der Waals surface area contributed by atoms with Gasteiger partial charge in [0.2, 0.25) is 15.6 Å². The van der Waals surface area contributed by atoms with Crippen LogP contribution in [-0.2, 0) is 32.3 Å². The van der Waals surface area contributed by atoms with Crippen LogP contribution in [0.1, 0.15) is 48.8 Å². The van der Waals surface area contributed by atoms with Crippen molar-refractivity contribution in [2.45, 2.75) is 49.5 Å². The molecule has 1 heterocycles. The minimum absolute atomic E-state index is 0.0106. The van der Waals surface area contributed by atoms with Crippen molar-refractivity contribution in [1.82, 2.24) is 4.31 Å². The lowest BCUT2D eigenvalue weighted by Gasteiger charge is -2.41. The Morgan fingerprint density at radius 2 is 2.00 bits per heavy atom. The highest BCUT2D eigenvalue weighted by atomic mass is 35.5. The van der Waals surface area contributed by atoms with Gasteiger partial charge in [0.1, 0.15) is 11.5 Å². The summed E-state index contributed by atoms with van der Waals surface area (Å²) < 4.78 is 33.3. The minimum atomic E-state index is -4.13. The van der Waals surface area contributed by atoms with Gasteiger partial charge in [-0.05, 0) is 79.5 Å². The van der Waals surface area contributed by atoms with Gasteiger partial charge in [-0.3, -0.25) is 0 Å². The Morgan fingerprint density at radius 3 is 2.71 bits per heavy atom. The number of carboxylic acid groups (broad SMARTS) is 1. The maximum absolute atomic E-state index is 13.0. The van der Waals surface area contributed by atoms with Gasteiger partial charge in [0.05, 0.1) is 12.3 Å². The number of unbranched alkanes of at least 4 members (excludes halogenated alkanes) is 2. The summed E-state index contributed by atoms with van der Waals surface area (Å²) in [6, 6.07) is 10.7. The van der Waals surface area contributed by atoms with E-state index < -0.39 is 27.3 Å². The molecule has 41 heavy (non-hydrogen) atoms. The molecule has 1 unspecified atom stereocenters. The standard InChI is InChI=1S/C31H39ClN2O6S/c1-4-6-7-8-17-34-20-30(15-9-10-23-18-25(32)12-13-26(23)30)21-40-28-14-11-24(19-27(28)34)31(37,29(35)36)22-41(38,39)33(3)16-5-2/h4-5,11-14,18-19,37H,1-2,6-10,15-17,20-22H2,3H3,(H,35,36)/t30-,31?/m0/s1. The van der Waals surface area contributed by atoms with Gasteiger partial charge >= 0.3 is 5.97 Å². The fourth-order valence-electron chi connectivity index (χ4n) is 5.94. The second-order valence-electron chi connectivity index (χ2n) is 11.1. The fourth-order valence-corrected chi connectivity index (χ4v) is 7.50. The summed E-state index contributed by atoms with van der Waals surface area (Å²) in [6.45, 7) is 9.08. The van der Waals surface area contributed by atoms with E-state index in [1.165, 1.54) is 30.3 Å². The van der Waals surface area contributed by atoms with Gasteiger partial charge < -0.3 is 19.8 Å². The number of aliphatic hydroxyl groups is 1. The molecule has 2 atom stereocenters. The molecule has 2 aliphatic rings. The Labute approximate surface area is 247 Å². The largest absolute Gasteiger partial charge is 0.490 e. The number of carbonyl (C=O) groups is 1. The van der Waals surface area contributed by atoms with E-state index in [9.17, 15) is 23.4 Å². The van der Waals surface area contributed by atoms with Crippen molar-refractivity contribution >= 4 is 33.3 Å². The van der Waals surface area contributed by atoms with Crippen molar-refractivity contribution in [3.05, 3.63) is 83.4 Å². The normalized spacial score (nSPS) is 20.0. The first kappa shape index (κ1) is 31.1. The lowest BCUT2D eigenvalue weighted by molar-refractivity contribution is -0.157. The van der Waals surface area contributed by atoms with Crippen LogP contribution in [0.2, 0.25) is 5.02 Å². The predicted octanol–water partition coefficient (Wildman–Crippen LogP) is 4.89. The number of carboxylic acids is 1. The maximum atomic E-state index is 13.0. The first-order chi connectivity index (χ1) is 19.5. The molecule has 0 fully saturated rings. The molecule has 4 rings (SSSR count). The number of hydrogen-bond donors (Lipinski definition) is 2. The third kappa shape index (κ3) is 6.48. The van der Waals surface area contributed by atoms with Gasteiger partial charge in [0.15, 0.2) is 0 Å². The molecule has 0 bridgehead atoms. The molecule has 2 aromatic rings. The van der Waals surface area contributed by atoms with Gasteiger partial charge in [0.25, 0.3) is 0 Å². The number of rotatable bonds is 12. The number of halogens is 1. The Morgan fingerprint density at radius 1 is 1.22 bits per heavy atom. The van der Waals surface area contributed by atoms with Crippen LogP contribution >= 0.6 is 11.6 Å². The number of aliphatic carboxylic acids is 1. The van der Waals surface area contributed by atoms with E-state index in [1.807, 2.05) is 18.2 Å². The summed E-state index contributed by atoms with van der Waals surface area (Å²) >= 11 is 6.33. The molecular weight excluding hydrogens is 564 g/mol. The molecule has 0 aromatic heterocycles. The van der Waals surface area contributed by atoms with Gasteiger partial charge in [-0.25, -0.2) is 17.5 Å². The average Bonchev–Trinajstić information content (AvgIpc) is 3.08. The van der Waals surface area contributed by atoms with Crippen LogP contribution in [0.25, 0.3) is 0 Å². The molecule has 8 nitrogen and oxygen atoms in total. The molecule has 1 spiro atoms. The Hall–Kier alpha value is -2.85. The van der Waals surface area contributed by atoms with E-state index in [0.29, 0.717) is 36.2 Å². The summed E-state index contributed by atoms with van der Waals surface area (Å²) in [5, 5.41) is 22.2. The molecule has 222 valence electrons. The third-order valence-electron chi connectivity index (χ3n) is 8.21. The van der Waals surface area contributed by atoms with E-state index in [0.717, 1.165) is 42.8 Å². The van der Waals surface area contributed by atoms with E-state index in [2.05, 4.69) is 24.1 Å². The average molecular weight is 603 g/mol. The van der Waals surface area contributed by atoms with Gasteiger partial charge in [0, 0.05) is 37.1 Å². The molecule has 1 aliphatic carbocycles. The maximum Gasteiger partial charge on any atom is 0.341 e. The van der Waals surface area contributed by atoms with Gasteiger partial charge in [-0.1, -0.05) is 35.9 Å². The molecule has 1 aliphatic heterocycles. The van der Waals surface area contributed by atoms with Crippen LogP contribution in [0.3, 0.4) is 0 Å². The second kappa shape index (κ2) is 12.6. The highest BCUT2D eigenvalue weighted by Crippen LogP contribution is 2.45. The Kier molecular flexibility index (Phi) is 9.53.